The number of halogens is 1. The van der Waals surface area contributed by atoms with Crippen LogP contribution < -0.4 is 5.32 Å². The number of guanidine groups is 1. The zero-order chi connectivity index (χ0) is 19.3. The Kier molecular flexibility index (Phi) is 8.71. The summed E-state index contributed by atoms with van der Waals surface area (Å²) in [5, 5.41) is 11.3. The topological polar surface area (TPSA) is 91.0 Å². The quantitative estimate of drug-likeness (QED) is 0.344. The lowest BCUT2D eigenvalue weighted by atomic mass is 10.1. The fraction of sp³-hybridized carbons (Fsp3) is 0.529. The number of thiophene rings is 1. The van der Waals surface area contributed by atoms with Gasteiger partial charge in [-0.05, 0) is 28.3 Å². The van der Waals surface area contributed by atoms with Gasteiger partial charge in [0.15, 0.2) is 5.96 Å². The average Bonchev–Trinajstić information content (AvgIpc) is 3.36. The Morgan fingerprint density at radius 3 is 2.68 bits per heavy atom. The van der Waals surface area contributed by atoms with E-state index in [1.165, 1.54) is 16.1 Å². The first-order valence-electron chi connectivity index (χ1n) is 8.84. The van der Waals surface area contributed by atoms with Gasteiger partial charge in [0.25, 0.3) is 0 Å². The SMILES string of the molecule is CN=C(NCC(C)c1ccsc1)N1CCN(S(=O)(=O)Cc2ccon2)CC1.I. The summed E-state index contributed by atoms with van der Waals surface area (Å²) < 4.78 is 31.3. The Morgan fingerprint density at radius 1 is 1.36 bits per heavy atom. The van der Waals surface area contributed by atoms with Gasteiger partial charge in [-0.15, -0.1) is 24.0 Å². The highest BCUT2D eigenvalue weighted by Crippen LogP contribution is 2.17. The summed E-state index contributed by atoms with van der Waals surface area (Å²) in [4.78, 5) is 6.46. The monoisotopic (exact) mass is 539 g/mol. The maximum absolute atomic E-state index is 12.5. The molecule has 0 radical (unpaired) electrons. The Labute approximate surface area is 187 Å². The van der Waals surface area contributed by atoms with Gasteiger partial charge in [-0.25, -0.2) is 8.42 Å². The van der Waals surface area contributed by atoms with Crippen LogP contribution in [-0.4, -0.2) is 68.5 Å². The van der Waals surface area contributed by atoms with Crippen LogP contribution in [0.25, 0.3) is 0 Å². The van der Waals surface area contributed by atoms with E-state index >= 15 is 0 Å². The van der Waals surface area contributed by atoms with E-state index in [2.05, 4.69) is 44.1 Å². The van der Waals surface area contributed by atoms with Crippen molar-refractivity contribution >= 4 is 51.3 Å². The molecule has 2 aromatic rings. The molecule has 1 N–H and O–H groups in total. The molecule has 1 unspecified atom stereocenters. The second kappa shape index (κ2) is 10.6. The molecule has 2 aromatic heterocycles. The summed E-state index contributed by atoms with van der Waals surface area (Å²) >= 11 is 1.70. The summed E-state index contributed by atoms with van der Waals surface area (Å²) in [5.74, 6) is 1.07. The fourth-order valence-corrected chi connectivity index (χ4v) is 5.23. The van der Waals surface area contributed by atoms with Gasteiger partial charge in [0.05, 0.1) is 5.69 Å². The molecule has 11 heteroatoms. The molecule has 0 bridgehead atoms. The lowest BCUT2D eigenvalue weighted by molar-refractivity contribution is 0.259. The van der Waals surface area contributed by atoms with Gasteiger partial charge in [-0.1, -0.05) is 12.1 Å². The van der Waals surface area contributed by atoms with Crippen molar-refractivity contribution in [3.63, 3.8) is 0 Å². The van der Waals surface area contributed by atoms with Crippen molar-refractivity contribution in [3.05, 3.63) is 40.4 Å². The van der Waals surface area contributed by atoms with Crippen LogP contribution in [0.1, 0.15) is 24.1 Å². The van der Waals surface area contributed by atoms with Crippen molar-refractivity contribution in [1.82, 2.24) is 19.7 Å². The van der Waals surface area contributed by atoms with E-state index in [1.807, 2.05) is 0 Å². The van der Waals surface area contributed by atoms with Crippen LogP contribution in [0, 0.1) is 0 Å². The Morgan fingerprint density at radius 2 is 2.11 bits per heavy atom. The van der Waals surface area contributed by atoms with E-state index < -0.39 is 10.0 Å². The van der Waals surface area contributed by atoms with Crippen LogP contribution in [0.2, 0.25) is 0 Å². The van der Waals surface area contributed by atoms with Crippen molar-refractivity contribution in [2.45, 2.75) is 18.6 Å². The number of hydrogen-bond acceptors (Lipinski definition) is 6. The fourth-order valence-electron chi connectivity index (χ4n) is 3.02. The second-order valence-electron chi connectivity index (χ2n) is 6.52. The smallest absolute Gasteiger partial charge is 0.220 e. The minimum absolute atomic E-state index is 0. The van der Waals surface area contributed by atoms with Gasteiger partial charge < -0.3 is 14.7 Å². The minimum Gasteiger partial charge on any atom is -0.364 e. The molecule has 3 heterocycles. The number of aliphatic imine (C=N–C) groups is 1. The van der Waals surface area contributed by atoms with Crippen LogP contribution in [-0.2, 0) is 15.8 Å². The van der Waals surface area contributed by atoms with Gasteiger partial charge in [0.1, 0.15) is 12.0 Å². The molecular weight excluding hydrogens is 513 g/mol. The van der Waals surface area contributed by atoms with E-state index in [-0.39, 0.29) is 29.7 Å². The van der Waals surface area contributed by atoms with E-state index in [0.29, 0.717) is 37.8 Å². The van der Waals surface area contributed by atoms with Gasteiger partial charge in [-0.3, -0.25) is 4.99 Å². The van der Waals surface area contributed by atoms with Crippen LogP contribution in [0.5, 0.6) is 0 Å². The number of piperazine rings is 1. The Balaban J connectivity index is 0.00000280. The van der Waals surface area contributed by atoms with Gasteiger partial charge >= 0.3 is 0 Å². The number of nitrogens with zero attached hydrogens (tertiary/aromatic N) is 4. The highest BCUT2D eigenvalue weighted by atomic mass is 127. The maximum Gasteiger partial charge on any atom is 0.220 e. The van der Waals surface area contributed by atoms with E-state index in [9.17, 15) is 8.42 Å². The second-order valence-corrected chi connectivity index (χ2v) is 9.27. The van der Waals surface area contributed by atoms with Crippen LogP contribution in [0.3, 0.4) is 0 Å². The van der Waals surface area contributed by atoms with Gasteiger partial charge in [0.2, 0.25) is 10.0 Å². The van der Waals surface area contributed by atoms with Crippen LogP contribution in [0.4, 0.5) is 0 Å². The Hall–Kier alpha value is -1.18. The minimum atomic E-state index is -3.39. The predicted octanol–water partition coefficient (Wildman–Crippen LogP) is 2.18. The Bertz CT molecular complexity index is 832. The normalized spacial score (nSPS) is 17.2. The van der Waals surface area contributed by atoms with Gasteiger partial charge in [-0.2, -0.15) is 15.6 Å². The zero-order valence-corrected chi connectivity index (χ0v) is 19.9. The van der Waals surface area contributed by atoms with Gasteiger partial charge in [0, 0.05) is 45.8 Å². The third-order valence-corrected chi connectivity index (χ3v) is 7.16. The van der Waals surface area contributed by atoms with E-state index in [0.717, 1.165) is 12.5 Å². The van der Waals surface area contributed by atoms with Crippen molar-refractivity contribution in [3.8, 4) is 0 Å². The summed E-state index contributed by atoms with van der Waals surface area (Å²) in [5.41, 5.74) is 1.74. The molecule has 0 amide bonds. The average molecular weight is 539 g/mol. The third kappa shape index (κ3) is 5.91. The predicted molar refractivity (Wildman–Crippen MR) is 122 cm³/mol. The molecule has 1 aliphatic heterocycles. The number of hydrogen-bond donors (Lipinski definition) is 1. The number of sulfonamides is 1. The zero-order valence-electron chi connectivity index (χ0n) is 15.9. The molecule has 1 fully saturated rings. The molecule has 1 saturated heterocycles. The molecule has 0 aliphatic carbocycles. The van der Waals surface area contributed by atoms with Crippen molar-refractivity contribution in [2.75, 3.05) is 39.8 Å². The number of rotatable bonds is 6. The number of nitrogens with one attached hydrogen (secondary N) is 1. The summed E-state index contributed by atoms with van der Waals surface area (Å²) in [6.45, 7) is 5.03. The lowest BCUT2D eigenvalue weighted by Gasteiger charge is -2.36. The highest BCUT2D eigenvalue weighted by Gasteiger charge is 2.29. The first-order valence-corrected chi connectivity index (χ1v) is 11.4. The number of aromatic nitrogens is 1. The molecule has 0 aromatic carbocycles. The van der Waals surface area contributed by atoms with Crippen molar-refractivity contribution in [1.29, 1.82) is 0 Å². The summed E-state index contributed by atoms with van der Waals surface area (Å²) in [6.07, 6.45) is 1.38. The van der Waals surface area contributed by atoms with Crippen molar-refractivity contribution < 1.29 is 12.9 Å². The summed E-state index contributed by atoms with van der Waals surface area (Å²) in [6, 6.07) is 3.71. The summed E-state index contributed by atoms with van der Waals surface area (Å²) in [7, 11) is -1.64. The van der Waals surface area contributed by atoms with Crippen LogP contribution >= 0.6 is 35.3 Å². The van der Waals surface area contributed by atoms with E-state index in [4.69, 9.17) is 4.52 Å². The largest absolute Gasteiger partial charge is 0.364 e. The molecular formula is C17H26IN5O3S2. The molecule has 3 rings (SSSR count). The van der Waals surface area contributed by atoms with E-state index in [1.54, 1.807) is 24.5 Å². The standard InChI is InChI=1S/C17H25N5O3S2.HI/c1-14(15-4-10-26-12-15)11-19-17(18-2)21-5-7-22(8-6-21)27(23,24)13-16-3-9-25-20-16;/h3-4,9-10,12,14H,5-8,11,13H2,1-2H3,(H,18,19);1H. The molecule has 0 spiro atoms. The molecule has 1 aliphatic rings. The highest BCUT2D eigenvalue weighted by molar-refractivity contribution is 14.0. The molecule has 156 valence electrons. The first kappa shape index (κ1) is 23.1. The molecule has 28 heavy (non-hydrogen) atoms. The lowest BCUT2D eigenvalue weighted by Crippen LogP contribution is -2.54. The molecule has 0 saturated carbocycles. The van der Waals surface area contributed by atoms with Crippen molar-refractivity contribution in [2.24, 2.45) is 4.99 Å². The maximum atomic E-state index is 12.5. The van der Waals surface area contributed by atoms with Crippen LogP contribution in [0.15, 0.2) is 38.7 Å². The first-order chi connectivity index (χ1) is 13.0. The molecule has 1 atom stereocenters. The third-order valence-electron chi connectivity index (χ3n) is 4.64. The molecule has 8 nitrogen and oxygen atoms in total.